The zero-order valence-corrected chi connectivity index (χ0v) is 76.5. The third-order valence-electron chi connectivity index (χ3n) is 19.9. The Bertz CT molecular complexity index is 3680. The molecule has 2 heterocycles. The Morgan fingerprint density at radius 3 is 1.26 bits per heavy atom. The SMILES string of the molecule is COCOc1cc(OC)cc(/C=C/C[C@@H]2OC(C)(C)O[C@@H]2C(/C=C\[C@H](C)[C@H](C)O[Si](C)(C)C(C)(C)C)OC(=O)c2ccccc2)c1C(=O)OCC[Si](C)(C)C.COCOc1cc(OC)cc(/C=C/C[C@@H]2OC(C)(C)O[C@@H]2C(O)/C=C\[C@H](C)[C@H](C)O[Si](C)(C)C(C)(C)C)c1C(=O)OCC[Si](C)(C)C.O=C(Cl)c1ccccc1. The minimum absolute atomic E-state index is 0.00677. The van der Waals surface area contributed by atoms with Crippen LogP contribution in [-0.2, 0) is 51.5 Å². The molecule has 2 aliphatic rings. The first-order valence-corrected chi connectivity index (χ1v) is 52.1. The molecule has 0 bridgehead atoms. The fraction of sp³-hybridized carbons (Fsp3) is 0.581. The summed E-state index contributed by atoms with van der Waals surface area (Å²) in [6.45, 7) is 52.0. The van der Waals surface area contributed by atoms with E-state index in [0.29, 0.717) is 71.1 Å². The van der Waals surface area contributed by atoms with Crippen molar-refractivity contribution in [1.29, 1.82) is 0 Å². The fourth-order valence-electron chi connectivity index (χ4n) is 11.0. The molecule has 0 saturated carbocycles. The van der Waals surface area contributed by atoms with Crippen LogP contribution in [-0.4, -0.2) is 177 Å². The van der Waals surface area contributed by atoms with Crippen LogP contribution in [0.15, 0.2) is 121 Å². The zero-order chi connectivity index (χ0) is 83.7. The molecule has 25 heteroatoms. The van der Waals surface area contributed by atoms with Crippen LogP contribution in [0.2, 0.25) is 87.6 Å². The van der Waals surface area contributed by atoms with Crippen molar-refractivity contribution >= 4 is 79.7 Å². The number of carbonyl (C=O) groups is 4. The van der Waals surface area contributed by atoms with Gasteiger partial charge in [-0.1, -0.05) is 186 Å². The average molecular weight is 1630 g/mol. The Kier molecular flexibility index (Phi) is 38.2. The maximum atomic E-state index is 13.6. The number of aliphatic hydroxyl groups excluding tert-OH is 1. The lowest BCUT2D eigenvalue weighted by Gasteiger charge is -2.39. The number of esters is 3. The number of rotatable bonds is 37. The van der Waals surface area contributed by atoms with Crippen LogP contribution in [0.4, 0.5) is 0 Å². The van der Waals surface area contributed by atoms with E-state index in [9.17, 15) is 24.3 Å². The second-order valence-corrected chi connectivity index (χ2v) is 55.8. The molecule has 0 spiro atoms. The molecule has 2 aliphatic heterocycles. The van der Waals surface area contributed by atoms with Gasteiger partial charge in [-0.15, -0.1) is 0 Å². The van der Waals surface area contributed by atoms with E-state index in [2.05, 4.69) is 135 Å². The van der Waals surface area contributed by atoms with Crippen molar-refractivity contribution in [2.24, 2.45) is 11.8 Å². The highest BCUT2D eigenvalue weighted by Crippen LogP contribution is 2.42. The highest BCUT2D eigenvalue weighted by atomic mass is 35.5. The van der Waals surface area contributed by atoms with Gasteiger partial charge in [0.2, 0.25) is 0 Å². The lowest BCUT2D eigenvalue weighted by Crippen LogP contribution is -2.44. The molecule has 620 valence electrons. The van der Waals surface area contributed by atoms with Gasteiger partial charge in [0.1, 0.15) is 58.5 Å². The minimum atomic E-state index is -2.02. The first-order valence-electron chi connectivity index (χ1n) is 38.5. The maximum Gasteiger partial charge on any atom is 0.342 e. The summed E-state index contributed by atoms with van der Waals surface area (Å²) in [4.78, 5) is 50.9. The third kappa shape index (κ3) is 32.6. The fourth-order valence-corrected chi connectivity index (χ4v) is 15.6. The first-order chi connectivity index (χ1) is 51.5. The van der Waals surface area contributed by atoms with Crippen LogP contribution < -0.4 is 18.9 Å². The molecule has 6 rings (SSSR count). The van der Waals surface area contributed by atoms with Gasteiger partial charge in [0.05, 0.1) is 45.2 Å². The standard InChI is InChI=1S/C43H66O10Si2.C36H62O9Si2.C7H5ClO/c1-30(31(2)53-55(13,14)42(3,4)5)23-24-35(50-40(44)32-19-16-15-17-20-32)39-36(51-43(6,7)52-39)22-18-21-33-27-34(47-9)28-37(49-29-46-8)38(33)41(45)48-25-26-54(10,11)12;1-25(26(2)45-47(13,14)35(3,4)5)18-19-29(37)33-30(43-36(6,7)44-33)17-15-16-27-22-28(40-9)23-31(42-24-39-8)32(27)34(38)41-20-21-46(10,11)12;8-7(9)6-4-2-1-3-5-6/h15-21,23-24,27-28,30-31,35-36,39H,22,25-26,29H2,1-14H3;15-16,18-19,22-23,25-26,29-30,33,37H,17,20-21,24H2,1-14H3;1-5H/b21-18+,24-23-;16-15+,19-18-;/t30-,31-,35?,36-,39+;25-,26-,29?,30-,33+;/m00./s1. The van der Waals surface area contributed by atoms with Crippen molar-refractivity contribution < 1.29 is 94.7 Å². The van der Waals surface area contributed by atoms with Gasteiger partial charge in [0, 0.05) is 60.3 Å². The lowest BCUT2D eigenvalue weighted by atomic mass is 9.99. The number of ether oxygens (including phenoxy) is 13. The Balaban J connectivity index is 0.000000423. The van der Waals surface area contributed by atoms with Gasteiger partial charge in [-0.3, -0.25) is 4.79 Å². The summed E-state index contributed by atoms with van der Waals surface area (Å²) in [5.41, 5.74) is 2.67. The van der Waals surface area contributed by atoms with Crippen LogP contribution in [0.3, 0.4) is 0 Å². The molecule has 0 aliphatic carbocycles. The second-order valence-electron chi connectivity index (χ2n) is 34.7. The Morgan fingerprint density at radius 2 is 0.901 bits per heavy atom. The molecule has 1 N–H and O–H groups in total. The van der Waals surface area contributed by atoms with E-state index < -0.39 is 104 Å². The second kappa shape index (κ2) is 43.6. The number of aliphatic hydroxyl groups is 1. The van der Waals surface area contributed by atoms with Gasteiger partial charge < -0.3 is 75.5 Å². The van der Waals surface area contributed by atoms with Crippen molar-refractivity contribution in [3.05, 3.63) is 155 Å². The van der Waals surface area contributed by atoms with E-state index in [1.54, 1.807) is 93.1 Å². The predicted octanol–water partition coefficient (Wildman–Crippen LogP) is 20.0. The molecule has 2 unspecified atom stereocenters. The van der Waals surface area contributed by atoms with E-state index in [0.717, 1.165) is 12.1 Å². The molecular formula is C86H133ClO20Si4. The number of hydrogen-bond donors (Lipinski definition) is 1. The van der Waals surface area contributed by atoms with E-state index in [-0.39, 0.29) is 59.0 Å². The molecule has 2 fully saturated rings. The van der Waals surface area contributed by atoms with Crippen molar-refractivity contribution in [3.63, 3.8) is 0 Å². The Morgan fingerprint density at radius 1 is 0.523 bits per heavy atom. The summed E-state index contributed by atoms with van der Waals surface area (Å²) in [6, 6.07) is 26.2. The number of benzene rings is 4. The van der Waals surface area contributed by atoms with E-state index in [1.807, 2.05) is 82.4 Å². The van der Waals surface area contributed by atoms with Crippen molar-refractivity contribution in [2.45, 2.75) is 258 Å². The zero-order valence-electron chi connectivity index (χ0n) is 71.7. The van der Waals surface area contributed by atoms with Gasteiger partial charge in [0.25, 0.3) is 5.24 Å². The van der Waals surface area contributed by atoms with Crippen molar-refractivity contribution in [3.8, 4) is 23.0 Å². The molecule has 4 aromatic carbocycles. The van der Waals surface area contributed by atoms with Crippen molar-refractivity contribution in [2.75, 3.05) is 55.2 Å². The molecular weight excluding hydrogens is 1500 g/mol. The summed E-state index contributed by atoms with van der Waals surface area (Å²) >= 11 is 5.16. The number of carbonyl (C=O) groups excluding carboxylic acids is 4. The largest absolute Gasteiger partial charge is 0.497 e. The molecule has 4 aromatic rings. The van der Waals surface area contributed by atoms with Gasteiger partial charge >= 0.3 is 17.9 Å². The van der Waals surface area contributed by atoms with Gasteiger partial charge in [-0.2, -0.15) is 0 Å². The normalized spacial score (nSPS) is 19.1. The summed E-state index contributed by atoms with van der Waals surface area (Å²) in [5, 5.41) is 11.0. The molecule has 0 aromatic heterocycles. The van der Waals surface area contributed by atoms with Crippen molar-refractivity contribution in [1.82, 2.24) is 0 Å². The van der Waals surface area contributed by atoms with Gasteiger partial charge in [-0.25, -0.2) is 14.4 Å². The molecule has 0 radical (unpaired) electrons. The van der Waals surface area contributed by atoms with Gasteiger partial charge in [0.15, 0.2) is 41.8 Å². The Labute approximate surface area is 673 Å². The quantitative estimate of drug-likeness (QED) is 0.0111. The predicted molar refractivity (Wildman–Crippen MR) is 453 cm³/mol. The summed E-state index contributed by atoms with van der Waals surface area (Å²) in [6.07, 6.45) is 12.1. The minimum Gasteiger partial charge on any atom is -0.497 e. The molecule has 2 saturated heterocycles. The lowest BCUT2D eigenvalue weighted by molar-refractivity contribution is -0.153. The van der Waals surface area contributed by atoms with E-state index >= 15 is 0 Å². The molecule has 111 heavy (non-hydrogen) atoms. The summed E-state index contributed by atoms with van der Waals surface area (Å²) in [5.74, 6) is -1.52. The summed E-state index contributed by atoms with van der Waals surface area (Å²) < 4.78 is 89.2. The molecule has 0 amide bonds. The molecule has 10 atom stereocenters. The van der Waals surface area contributed by atoms with Crippen LogP contribution in [0.25, 0.3) is 12.2 Å². The van der Waals surface area contributed by atoms with E-state index in [1.165, 1.54) is 14.2 Å². The average Bonchev–Trinajstić information content (AvgIpc) is 1.74. The monoisotopic (exact) mass is 1630 g/mol. The summed E-state index contributed by atoms with van der Waals surface area (Å²) in [7, 11) is -0.658. The number of halogens is 1. The van der Waals surface area contributed by atoms with Crippen LogP contribution in [0.1, 0.15) is 162 Å². The Hall–Kier alpha value is -6.08. The number of hydrogen-bond acceptors (Lipinski definition) is 20. The number of methoxy groups -OCH3 is 4. The van der Waals surface area contributed by atoms with Crippen LogP contribution in [0, 0.1) is 11.8 Å². The van der Waals surface area contributed by atoms with Crippen LogP contribution >= 0.6 is 11.6 Å². The highest BCUT2D eigenvalue weighted by molar-refractivity contribution is 6.76. The topological polar surface area (TPSA) is 227 Å². The maximum absolute atomic E-state index is 13.6. The first kappa shape index (κ1) is 97.3. The highest BCUT2D eigenvalue weighted by Gasteiger charge is 2.47. The smallest absolute Gasteiger partial charge is 0.342 e. The van der Waals surface area contributed by atoms with E-state index in [4.69, 9.17) is 82.0 Å². The van der Waals surface area contributed by atoms with Crippen LogP contribution in [0.5, 0.6) is 23.0 Å². The molecule has 20 nitrogen and oxygen atoms in total. The third-order valence-corrected chi connectivity index (χ3v) is 32.7. The van der Waals surface area contributed by atoms with Gasteiger partial charge in [-0.05, 0) is 168 Å².